The van der Waals surface area contributed by atoms with Gasteiger partial charge >= 0.3 is 0 Å². The number of imidazole rings is 1. The fourth-order valence-electron chi connectivity index (χ4n) is 2.07. The highest BCUT2D eigenvalue weighted by Crippen LogP contribution is 2.16. The highest BCUT2D eigenvalue weighted by atomic mass is 16.1. The Labute approximate surface area is 127 Å². The van der Waals surface area contributed by atoms with Crippen molar-refractivity contribution in [3.8, 4) is 5.69 Å². The van der Waals surface area contributed by atoms with Gasteiger partial charge in [-0.25, -0.2) is 9.67 Å². The summed E-state index contributed by atoms with van der Waals surface area (Å²) >= 11 is 0. The quantitative estimate of drug-likeness (QED) is 0.779. The molecule has 22 heavy (non-hydrogen) atoms. The smallest absolute Gasteiger partial charge is 0.226 e. The number of pyridine rings is 1. The van der Waals surface area contributed by atoms with E-state index in [1.54, 1.807) is 35.8 Å². The number of anilines is 1. The second-order valence-electron chi connectivity index (χ2n) is 4.88. The van der Waals surface area contributed by atoms with Gasteiger partial charge in [0.25, 0.3) is 0 Å². The van der Waals surface area contributed by atoms with Gasteiger partial charge in [0.05, 0.1) is 35.8 Å². The summed E-state index contributed by atoms with van der Waals surface area (Å²) in [6, 6.07) is 3.75. The molecule has 0 saturated heterocycles. The van der Waals surface area contributed by atoms with Crippen molar-refractivity contribution in [1.29, 1.82) is 0 Å². The van der Waals surface area contributed by atoms with Gasteiger partial charge in [-0.15, -0.1) is 0 Å². The molecule has 0 fully saturated rings. The standard InChI is InChI=1S/C15H16N6O/c1-12-14(10-21(19-12)13-3-2-5-16-9-13)18-15(22)4-7-20-8-6-17-11-20/h2-3,5-6,8-11H,4,7H2,1H3,(H,18,22). The first-order valence-electron chi connectivity index (χ1n) is 6.94. The number of rotatable bonds is 5. The van der Waals surface area contributed by atoms with Crippen molar-refractivity contribution in [2.75, 3.05) is 5.32 Å². The topological polar surface area (TPSA) is 77.6 Å². The number of aryl methyl sites for hydroxylation is 2. The average Bonchev–Trinajstić information content (AvgIpc) is 3.17. The number of amides is 1. The molecule has 1 N–H and O–H groups in total. The van der Waals surface area contributed by atoms with Crippen molar-refractivity contribution < 1.29 is 4.79 Å². The fraction of sp³-hybridized carbons (Fsp3) is 0.200. The molecular weight excluding hydrogens is 280 g/mol. The molecule has 112 valence electrons. The minimum atomic E-state index is -0.0532. The zero-order valence-electron chi connectivity index (χ0n) is 12.2. The highest BCUT2D eigenvalue weighted by molar-refractivity contribution is 5.91. The van der Waals surface area contributed by atoms with E-state index in [4.69, 9.17) is 0 Å². The first-order chi connectivity index (χ1) is 10.7. The number of nitrogens with zero attached hydrogens (tertiary/aromatic N) is 5. The van der Waals surface area contributed by atoms with Crippen LogP contribution in [0.15, 0.2) is 49.4 Å². The van der Waals surface area contributed by atoms with Crippen LogP contribution in [0.4, 0.5) is 5.69 Å². The SMILES string of the molecule is Cc1nn(-c2cccnc2)cc1NC(=O)CCn1ccnc1. The maximum atomic E-state index is 12.0. The highest BCUT2D eigenvalue weighted by Gasteiger charge is 2.10. The molecule has 3 aromatic rings. The number of hydrogen-bond acceptors (Lipinski definition) is 4. The molecule has 0 aliphatic rings. The van der Waals surface area contributed by atoms with Crippen LogP contribution in [0.1, 0.15) is 12.1 Å². The van der Waals surface area contributed by atoms with E-state index >= 15 is 0 Å². The van der Waals surface area contributed by atoms with E-state index in [2.05, 4.69) is 20.4 Å². The van der Waals surface area contributed by atoms with Crippen LogP contribution in [0.5, 0.6) is 0 Å². The Morgan fingerprint density at radius 2 is 2.23 bits per heavy atom. The Kier molecular flexibility index (Phi) is 3.95. The molecule has 0 atom stereocenters. The van der Waals surface area contributed by atoms with Gasteiger partial charge in [-0.05, 0) is 19.1 Å². The molecule has 0 aliphatic heterocycles. The molecule has 0 unspecified atom stereocenters. The zero-order chi connectivity index (χ0) is 15.4. The van der Waals surface area contributed by atoms with Crippen LogP contribution < -0.4 is 5.32 Å². The molecule has 3 aromatic heterocycles. The van der Waals surface area contributed by atoms with E-state index in [0.717, 1.165) is 11.4 Å². The molecule has 3 rings (SSSR count). The van der Waals surface area contributed by atoms with E-state index in [1.807, 2.05) is 29.8 Å². The van der Waals surface area contributed by atoms with Crippen LogP contribution >= 0.6 is 0 Å². The minimum absolute atomic E-state index is 0.0532. The lowest BCUT2D eigenvalue weighted by Gasteiger charge is -2.04. The third kappa shape index (κ3) is 3.20. The number of hydrogen-bond donors (Lipinski definition) is 1. The third-order valence-corrected chi connectivity index (χ3v) is 3.24. The van der Waals surface area contributed by atoms with E-state index in [-0.39, 0.29) is 5.91 Å². The maximum absolute atomic E-state index is 12.0. The Balaban J connectivity index is 1.65. The van der Waals surface area contributed by atoms with E-state index < -0.39 is 0 Å². The van der Waals surface area contributed by atoms with E-state index in [9.17, 15) is 4.79 Å². The molecule has 7 heteroatoms. The maximum Gasteiger partial charge on any atom is 0.226 e. The normalized spacial score (nSPS) is 10.6. The lowest BCUT2D eigenvalue weighted by molar-refractivity contribution is -0.116. The van der Waals surface area contributed by atoms with Crippen LogP contribution in [0.2, 0.25) is 0 Å². The predicted octanol–water partition coefficient (Wildman–Crippen LogP) is 1.80. The van der Waals surface area contributed by atoms with Crippen LogP contribution in [0, 0.1) is 6.92 Å². The van der Waals surface area contributed by atoms with E-state index in [0.29, 0.717) is 18.7 Å². The molecule has 0 bridgehead atoms. The Morgan fingerprint density at radius 1 is 1.32 bits per heavy atom. The molecule has 0 aliphatic carbocycles. The lowest BCUT2D eigenvalue weighted by atomic mass is 10.3. The second-order valence-corrected chi connectivity index (χ2v) is 4.88. The fourth-order valence-corrected chi connectivity index (χ4v) is 2.07. The van der Waals surface area contributed by atoms with Crippen LogP contribution in [0.25, 0.3) is 5.69 Å². The molecule has 0 saturated carbocycles. The van der Waals surface area contributed by atoms with Gasteiger partial charge in [0.1, 0.15) is 0 Å². The van der Waals surface area contributed by atoms with Crippen molar-refractivity contribution in [1.82, 2.24) is 24.3 Å². The average molecular weight is 296 g/mol. The molecule has 7 nitrogen and oxygen atoms in total. The predicted molar refractivity (Wildman–Crippen MR) is 81.6 cm³/mol. The minimum Gasteiger partial charge on any atom is -0.337 e. The summed E-state index contributed by atoms with van der Waals surface area (Å²) in [5, 5.41) is 7.28. The zero-order valence-corrected chi connectivity index (χ0v) is 12.2. The van der Waals surface area contributed by atoms with Gasteiger partial charge < -0.3 is 9.88 Å². The Morgan fingerprint density at radius 3 is 2.95 bits per heavy atom. The van der Waals surface area contributed by atoms with Crippen LogP contribution in [-0.4, -0.2) is 30.2 Å². The number of carbonyl (C=O) groups excluding carboxylic acids is 1. The summed E-state index contributed by atoms with van der Waals surface area (Å²) in [4.78, 5) is 20.0. The van der Waals surface area contributed by atoms with Gasteiger partial charge in [-0.1, -0.05) is 0 Å². The van der Waals surface area contributed by atoms with Crippen LogP contribution in [-0.2, 0) is 11.3 Å². The number of aromatic nitrogens is 5. The van der Waals surface area contributed by atoms with Gasteiger partial charge in [-0.2, -0.15) is 5.10 Å². The van der Waals surface area contributed by atoms with E-state index in [1.165, 1.54) is 0 Å². The molecular formula is C15H16N6O. The van der Waals surface area contributed by atoms with Crippen LogP contribution in [0.3, 0.4) is 0 Å². The summed E-state index contributed by atoms with van der Waals surface area (Å²) in [5.74, 6) is -0.0532. The second kappa shape index (κ2) is 6.21. The van der Waals surface area contributed by atoms with Gasteiger partial charge in [0.2, 0.25) is 5.91 Å². The summed E-state index contributed by atoms with van der Waals surface area (Å²) < 4.78 is 3.57. The Hall–Kier alpha value is -2.96. The Bertz CT molecular complexity index is 748. The van der Waals surface area contributed by atoms with Gasteiger partial charge in [0, 0.05) is 31.6 Å². The summed E-state index contributed by atoms with van der Waals surface area (Å²) in [5.41, 5.74) is 2.32. The van der Waals surface area contributed by atoms with Crippen molar-refractivity contribution in [2.24, 2.45) is 0 Å². The summed E-state index contributed by atoms with van der Waals surface area (Å²) in [7, 11) is 0. The van der Waals surface area contributed by atoms with Crippen molar-refractivity contribution >= 4 is 11.6 Å². The van der Waals surface area contributed by atoms with Crippen molar-refractivity contribution in [3.63, 3.8) is 0 Å². The summed E-state index contributed by atoms with van der Waals surface area (Å²) in [6.45, 7) is 2.46. The molecule has 1 amide bonds. The number of carbonyl (C=O) groups is 1. The first kappa shape index (κ1) is 14.0. The van der Waals surface area contributed by atoms with Gasteiger partial charge in [0.15, 0.2) is 0 Å². The summed E-state index contributed by atoms with van der Waals surface area (Å²) in [6.07, 6.45) is 10.8. The third-order valence-electron chi connectivity index (χ3n) is 3.24. The molecule has 0 aromatic carbocycles. The monoisotopic (exact) mass is 296 g/mol. The molecule has 0 spiro atoms. The first-order valence-corrected chi connectivity index (χ1v) is 6.94. The van der Waals surface area contributed by atoms with Crippen molar-refractivity contribution in [2.45, 2.75) is 19.9 Å². The molecule has 3 heterocycles. The molecule has 0 radical (unpaired) electrons. The van der Waals surface area contributed by atoms with Crippen molar-refractivity contribution in [3.05, 3.63) is 55.1 Å². The van der Waals surface area contributed by atoms with Gasteiger partial charge in [-0.3, -0.25) is 9.78 Å². The largest absolute Gasteiger partial charge is 0.337 e. The number of nitrogens with one attached hydrogen (secondary N) is 1. The lowest BCUT2D eigenvalue weighted by Crippen LogP contribution is -2.14.